The molecule has 0 spiro atoms. The van der Waals surface area contributed by atoms with E-state index in [9.17, 15) is 18.0 Å². The Bertz CT molecular complexity index is 1650. The predicted octanol–water partition coefficient (Wildman–Crippen LogP) is 5.74. The van der Waals surface area contributed by atoms with E-state index >= 15 is 4.39 Å². The van der Waals surface area contributed by atoms with E-state index < -0.39 is 34.3 Å². The van der Waals surface area contributed by atoms with Gasteiger partial charge in [0.2, 0.25) is 11.8 Å². The maximum absolute atomic E-state index is 15.2. The highest BCUT2D eigenvalue weighted by Crippen LogP contribution is 2.27. The third-order valence-electron chi connectivity index (χ3n) is 7.16. The highest BCUT2D eigenvalue weighted by molar-refractivity contribution is 7.92. The Balaban J connectivity index is 1.79. The molecular formula is C35H38FN3O4S. The number of hydrogen-bond donors (Lipinski definition) is 1. The summed E-state index contributed by atoms with van der Waals surface area (Å²) in [6.45, 7) is 5.63. The number of benzene rings is 4. The molecule has 1 atom stereocenters. The van der Waals surface area contributed by atoms with E-state index in [1.165, 1.54) is 35.2 Å². The van der Waals surface area contributed by atoms with Crippen molar-refractivity contribution in [2.75, 3.05) is 17.4 Å². The van der Waals surface area contributed by atoms with Crippen LogP contribution in [0.3, 0.4) is 0 Å². The third kappa shape index (κ3) is 8.32. The van der Waals surface area contributed by atoms with E-state index in [0.29, 0.717) is 6.54 Å². The van der Waals surface area contributed by atoms with Crippen molar-refractivity contribution in [3.8, 4) is 0 Å². The zero-order chi connectivity index (χ0) is 31.7. The Hall–Kier alpha value is -4.50. The Labute approximate surface area is 259 Å². The second-order valence-corrected chi connectivity index (χ2v) is 13.0. The first-order valence-corrected chi connectivity index (χ1v) is 16.0. The highest BCUT2D eigenvalue weighted by Gasteiger charge is 2.35. The first-order valence-electron chi connectivity index (χ1n) is 14.5. The lowest BCUT2D eigenvalue weighted by atomic mass is 10.0. The van der Waals surface area contributed by atoms with Crippen molar-refractivity contribution in [1.82, 2.24) is 10.2 Å². The lowest BCUT2D eigenvalue weighted by Crippen LogP contribution is -2.53. The topological polar surface area (TPSA) is 86.8 Å². The van der Waals surface area contributed by atoms with Crippen LogP contribution in [-0.4, -0.2) is 44.3 Å². The van der Waals surface area contributed by atoms with Crippen LogP contribution in [0, 0.1) is 18.7 Å². The summed E-state index contributed by atoms with van der Waals surface area (Å²) in [5, 5.41) is 2.96. The number of para-hydroxylation sites is 1. The van der Waals surface area contributed by atoms with Crippen LogP contribution in [0.1, 0.15) is 30.5 Å². The lowest BCUT2D eigenvalue weighted by Gasteiger charge is -2.34. The Morgan fingerprint density at radius 3 is 2.00 bits per heavy atom. The number of anilines is 1. The van der Waals surface area contributed by atoms with E-state index in [0.717, 1.165) is 27.1 Å². The average molecular weight is 616 g/mol. The number of nitrogens with one attached hydrogen (secondary N) is 1. The van der Waals surface area contributed by atoms with Crippen LogP contribution >= 0.6 is 0 Å². The highest BCUT2D eigenvalue weighted by atomic mass is 32.2. The molecule has 9 heteroatoms. The lowest BCUT2D eigenvalue weighted by molar-refractivity contribution is -0.140. The van der Waals surface area contributed by atoms with E-state index in [1.54, 1.807) is 18.2 Å². The molecule has 7 nitrogen and oxygen atoms in total. The zero-order valence-electron chi connectivity index (χ0n) is 25.2. The molecule has 0 aliphatic carbocycles. The van der Waals surface area contributed by atoms with Crippen molar-refractivity contribution in [2.45, 2.75) is 44.7 Å². The van der Waals surface area contributed by atoms with E-state index in [2.05, 4.69) is 5.32 Å². The van der Waals surface area contributed by atoms with Gasteiger partial charge >= 0.3 is 0 Å². The molecule has 44 heavy (non-hydrogen) atoms. The van der Waals surface area contributed by atoms with E-state index in [4.69, 9.17) is 0 Å². The fourth-order valence-corrected chi connectivity index (χ4v) is 6.20. The first-order chi connectivity index (χ1) is 21.1. The molecule has 0 fully saturated rings. The predicted molar refractivity (Wildman–Crippen MR) is 171 cm³/mol. The number of amides is 2. The number of nitrogens with zero attached hydrogens (tertiary/aromatic N) is 2. The summed E-state index contributed by atoms with van der Waals surface area (Å²) in [5.74, 6) is -1.62. The monoisotopic (exact) mass is 615 g/mol. The number of halogens is 1. The summed E-state index contributed by atoms with van der Waals surface area (Å²) >= 11 is 0. The normalized spacial score (nSPS) is 12.0. The van der Waals surface area contributed by atoms with Crippen molar-refractivity contribution in [3.63, 3.8) is 0 Å². The molecular weight excluding hydrogens is 577 g/mol. The van der Waals surface area contributed by atoms with Crippen molar-refractivity contribution in [2.24, 2.45) is 5.92 Å². The maximum atomic E-state index is 15.2. The number of sulfonamides is 1. The number of rotatable bonds is 13. The molecule has 0 unspecified atom stereocenters. The summed E-state index contributed by atoms with van der Waals surface area (Å²) in [4.78, 5) is 29.5. The molecule has 4 aromatic rings. The van der Waals surface area contributed by atoms with E-state index in [1.807, 2.05) is 75.4 Å². The summed E-state index contributed by atoms with van der Waals surface area (Å²) in [6, 6.07) is 29.0. The zero-order valence-corrected chi connectivity index (χ0v) is 26.0. The van der Waals surface area contributed by atoms with Crippen LogP contribution in [0.2, 0.25) is 0 Å². The van der Waals surface area contributed by atoms with Crippen LogP contribution in [0.15, 0.2) is 114 Å². The van der Waals surface area contributed by atoms with Gasteiger partial charge in [-0.25, -0.2) is 12.8 Å². The van der Waals surface area contributed by atoms with Crippen LogP contribution in [0.25, 0.3) is 0 Å². The van der Waals surface area contributed by atoms with Gasteiger partial charge < -0.3 is 10.2 Å². The second-order valence-electron chi connectivity index (χ2n) is 11.1. The molecule has 0 saturated carbocycles. The maximum Gasteiger partial charge on any atom is 0.264 e. The molecule has 0 saturated heterocycles. The van der Waals surface area contributed by atoms with Gasteiger partial charge in [-0.15, -0.1) is 0 Å². The van der Waals surface area contributed by atoms with Gasteiger partial charge in [0.05, 0.1) is 10.6 Å². The molecule has 230 valence electrons. The Morgan fingerprint density at radius 2 is 1.39 bits per heavy atom. The van der Waals surface area contributed by atoms with Gasteiger partial charge in [0, 0.05) is 19.5 Å². The minimum absolute atomic E-state index is 0.0439. The standard InChI is InChI=1S/C35H38FN3O4S/c1-26(2)23-37-35(41)33(22-28-12-6-4-7-13-28)38(24-29-20-18-27(3)19-21-29)34(40)25-39(32-17-11-10-16-31(32)36)44(42,43)30-14-8-5-9-15-30/h4-21,26,33H,22-25H2,1-3H3,(H,37,41)/t33-/m0/s1. The molecule has 0 bridgehead atoms. The third-order valence-corrected chi connectivity index (χ3v) is 8.93. The summed E-state index contributed by atoms with van der Waals surface area (Å²) in [7, 11) is -4.36. The van der Waals surface area contributed by atoms with Crippen molar-refractivity contribution in [1.29, 1.82) is 0 Å². The number of hydrogen-bond acceptors (Lipinski definition) is 4. The molecule has 2 amide bonds. The molecule has 0 radical (unpaired) electrons. The van der Waals surface area contributed by atoms with Gasteiger partial charge in [-0.1, -0.05) is 104 Å². The molecule has 0 aromatic heterocycles. The molecule has 0 aliphatic heterocycles. The Kier molecular flexibility index (Phi) is 10.9. The van der Waals surface area contributed by atoms with Gasteiger partial charge in [-0.2, -0.15) is 0 Å². The van der Waals surface area contributed by atoms with Gasteiger partial charge in [0.15, 0.2) is 0 Å². The summed E-state index contributed by atoms with van der Waals surface area (Å²) in [5.41, 5.74) is 2.37. The molecule has 4 rings (SSSR count). The van der Waals surface area contributed by atoms with Gasteiger partial charge in [0.1, 0.15) is 18.4 Å². The van der Waals surface area contributed by atoms with Gasteiger partial charge in [0.25, 0.3) is 10.0 Å². The first kappa shape index (κ1) is 32.4. The number of aryl methyl sites for hydroxylation is 1. The van der Waals surface area contributed by atoms with Crippen LogP contribution < -0.4 is 9.62 Å². The van der Waals surface area contributed by atoms with Gasteiger partial charge in [-0.05, 0) is 48.2 Å². The molecule has 0 aliphatic rings. The molecule has 4 aromatic carbocycles. The summed E-state index contributed by atoms with van der Waals surface area (Å²) < 4.78 is 43.8. The summed E-state index contributed by atoms with van der Waals surface area (Å²) in [6.07, 6.45) is 0.202. The largest absolute Gasteiger partial charge is 0.354 e. The fourth-order valence-electron chi connectivity index (χ4n) is 4.75. The van der Waals surface area contributed by atoms with Gasteiger partial charge in [-0.3, -0.25) is 13.9 Å². The molecule has 1 N–H and O–H groups in total. The van der Waals surface area contributed by atoms with Crippen LogP contribution in [0.4, 0.5) is 10.1 Å². The fraction of sp³-hybridized carbons (Fsp3) is 0.257. The quantitative estimate of drug-likeness (QED) is 0.208. The van der Waals surface area contributed by atoms with Crippen LogP contribution in [-0.2, 0) is 32.6 Å². The minimum Gasteiger partial charge on any atom is -0.354 e. The van der Waals surface area contributed by atoms with Crippen molar-refractivity contribution >= 4 is 27.5 Å². The second kappa shape index (κ2) is 14.8. The van der Waals surface area contributed by atoms with Crippen LogP contribution in [0.5, 0.6) is 0 Å². The minimum atomic E-state index is -4.36. The number of carbonyl (C=O) groups is 2. The number of carbonyl (C=O) groups excluding carboxylic acids is 2. The SMILES string of the molecule is Cc1ccc(CN(C(=O)CN(c2ccccc2F)S(=O)(=O)c2ccccc2)[C@@H](Cc2ccccc2)C(=O)NCC(C)C)cc1. The Morgan fingerprint density at radius 1 is 0.795 bits per heavy atom. The smallest absolute Gasteiger partial charge is 0.264 e. The average Bonchev–Trinajstić information content (AvgIpc) is 3.02. The van der Waals surface area contributed by atoms with E-state index in [-0.39, 0.29) is 35.4 Å². The van der Waals surface area contributed by atoms with Crippen molar-refractivity contribution in [3.05, 3.63) is 132 Å². The molecule has 0 heterocycles. The van der Waals surface area contributed by atoms with Crippen molar-refractivity contribution < 1.29 is 22.4 Å².